The lowest BCUT2D eigenvalue weighted by molar-refractivity contribution is 0.112. The fourth-order valence-corrected chi connectivity index (χ4v) is 1.74. The van der Waals surface area contributed by atoms with E-state index < -0.39 is 0 Å². The van der Waals surface area contributed by atoms with Crippen LogP contribution in [0.3, 0.4) is 0 Å². The maximum atomic E-state index is 10.5. The summed E-state index contributed by atoms with van der Waals surface area (Å²) in [5.41, 5.74) is 1.41. The summed E-state index contributed by atoms with van der Waals surface area (Å²) in [5, 5.41) is 5.30. The Balaban J connectivity index is 2.26. The first-order chi connectivity index (χ1) is 7.69. The number of aromatic nitrogens is 2. The van der Waals surface area contributed by atoms with Crippen LogP contribution in [0.2, 0.25) is 10.0 Å². The molecule has 82 valence electrons. The van der Waals surface area contributed by atoms with Gasteiger partial charge in [-0.25, -0.2) is 0 Å². The number of hydrogen-bond acceptors (Lipinski definition) is 2. The van der Waals surface area contributed by atoms with Crippen LogP contribution in [-0.4, -0.2) is 16.1 Å². The number of nitrogens with zero attached hydrogens (tertiary/aromatic N) is 2. The number of carbonyl (C=O) groups excluding carboxylic acids is 1. The summed E-state index contributed by atoms with van der Waals surface area (Å²) in [6.45, 7) is 0.493. The van der Waals surface area contributed by atoms with Crippen molar-refractivity contribution in [1.29, 1.82) is 0 Å². The Morgan fingerprint density at radius 2 is 2.19 bits per heavy atom. The molecule has 3 nitrogen and oxygen atoms in total. The van der Waals surface area contributed by atoms with Crippen LogP contribution in [0.25, 0.3) is 0 Å². The Kier molecular flexibility index (Phi) is 3.27. The van der Waals surface area contributed by atoms with Gasteiger partial charge in [-0.1, -0.05) is 23.2 Å². The first kappa shape index (κ1) is 11.2. The van der Waals surface area contributed by atoms with Crippen LogP contribution in [-0.2, 0) is 6.54 Å². The second-order valence-corrected chi connectivity index (χ2v) is 4.17. The molecule has 1 heterocycles. The predicted molar refractivity (Wildman–Crippen MR) is 63.2 cm³/mol. The van der Waals surface area contributed by atoms with Crippen molar-refractivity contribution in [2.24, 2.45) is 0 Å². The highest BCUT2D eigenvalue weighted by molar-refractivity contribution is 6.33. The van der Waals surface area contributed by atoms with E-state index in [9.17, 15) is 4.79 Å². The van der Waals surface area contributed by atoms with E-state index in [4.69, 9.17) is 23.2 Å². The van der Waals surface area contributed by atoms with Crippen molar-refractivity contribution in [3.8, 4) is 0 Å². The molecule has 0 saturated carbocycles. The van der Waals surface area contributed by atoms with Crippen molar-refractivity contribution in [3.63, 3.8) is 0 Å². The highest BCUT2D eigenvalue weighted by atomic mass is 35.5. The van der Waals surface area contributed by atoms with E-state index in [1.807, 2.05) is 0 Å². The molecule has 0 unspecified atom stereocenters. The lowest BCUT2D eigenvalue weighted by atomic mass is 10.2. The molecule has 1 aromatic carbocycles. The van der Waals surface area contributed by atoms with Gasteiger partial charge in [0.25, 0.3) is 0 Å². The second-order valence-electron chi connectivity index (χ2n) is 3.32. The minimum absolute atomic E-state index is 0.493. The maximum absolute atomic E-state index is 10.5. The summed E-state index contributed by atoms with van der Waals surface area (Å²) in [5.74, 6) is 0. The van der Waals surface area contributed by atoms with Crippen molar-refractivity contribution >= 4 is 29.5 Å². The molecular formula is C11H8Cl2N2O. The number of halogens is 2. The largest absolute Gasteiger partial charge is 0.298 e. The van der Waals surface area contributed by atoms with Gasteiger partial charge in [0, 0.05) is 16.2 Å². The summed E-state index contributed by atoms with van der Waals surface area (Å²) < 4.78 is 1.64. The third kappa shape index (κ3) is 2.43. The molecule has 16 heavy (non-hydrogen) atoms. The van der Waals surface area contributed by atoms with E-state index in [0.717, 1.165) is 11.8 Å². The van der Waals surface area contributed by atoms with Gasteiger partial charge in [-0.05, 0) is 23.8 Å². The third-order valence-corrected chi connectivity index (χ3v) is 2.73. The summed E-state index contributed by atoms with van der Waals surface area (Å²) >= 11 is 11.9. The number of benzene rings is 1. The summed E-state index contributed by atoms with van der Waals surface area (Å²) in [7, 11) is 0. The number of rotatable bonds is 3. The molecule has 0 aliphatic carbocycles. The SMILES string of the molecule is O=Cc1cnn(Cc2cc(Cl)ccc2Cl)c1. The Morgan fingerprint density at radius 3 is 2.88 bits per heavy atom. The van der Waals surface area contributed by atoms with E-state index in [1.54, 1.807) is 29.1 Å². The van der Waals surface area contributed by atoms with Gasteiger partial charge < -0.3 is 0 Å². The Hall–Kier alpha value is -1.32. The third-order valence-electron chi connectivity index (χ3n) is 2.13. The Labute approximate surface area is 103 Å². The van der Waals surface area contributed by atoms with Gasteiger partial charge in [-0.3, -0.25) is 9.48 Å². The van der Waals surface area contributed by atoms with Gasteiger partial charge in [0.15, 0.2) is 6.29 Å². The summed E-state index contributed by atoms with van der Waals surface area (Å²) in [6.07, 6.45) is 3.92. The number of aldehydes is 1. The standard InChI is InChI=1S/C11H8Cl2N2O/c12-10-1-2-11(13)9(3-10)6-15-5-8(7-16)4-14-15/h1-5,7H,6H2. The van der Waals surface area contributed by atoms with Crippen molar-refractivity contribution in [3.05, 3.63) is 51.8 Å². The molecule has 0 saturated heterocycles. The molecule has 2 aromatic rings. The van der Waals surface area contributed by atoms with Crippen LogP contribution in [0.15, 0.2) is 30.6 Å². The summed E-state index contributed by atoms with van der Waals surface area (Å²) in [6, 6.07) is 5.25. The fourth-order valence-electron chi connectivity index (χ4n) is 1.37. The molecule has 2 rings (SSSR count). The molecule has 0 bridgehead atoms. The molecule has 0 amide bonds. The zero-order valence-electron chi connectivity index (χ0n) is 8.23. The molecular weight excluding hydrogens is 247 g/mol. The minimum atomic E-state index is 0.493. The zero-order chi connectivity index (χ0) is 11.5. The van der Waals surface area contributed by atoms with Crippen LogP contribution in [0.4, 0.5) is 0 Å². The van der Waals surface area contributed by atoms with E-state index in [-0.39, 0.29) is 0 Å². The molecule has 0 aliphatic heterocycles. The van der Waals surface area contributed by atoms with Crippen molar-refractivity contribution in [1.82, 2.24) is 9.78 Å². The van der Waals surface area contributed by atoms with E-state index in [1.165, 1.54) is 6.20 Å². The smallest absolute Gasteiger partial charge is 0.153 e. The van der Waals surface area contributed by atoms with Crippen molar-refractivity contribution in [2.45, 2.75) is 6.54 Å². The van der Waals surface area contributed by atoms with Gasteiger partial charge in [0.1, 0.15) is 0 Å². The minimum Gasteiger partial charge on any atom is -0.298 e. The highest BCUT2D eigenvalue weighted by Gasteiger charge is 2.03. The molecule has 0 spiro atoms. The Morgan fingerprint density at radius 1 is 1.38 bits per heavy atom. The van der Waals surface area contributed by atoms with Gasteiger partial charge in [0.05, 0.1) is 18.3 Å². The maximum Gasteiger partial charge on any atom is 0.153 e. The Bertz CT molecular complexity index is 522. The van der Waals surface area contributed by atoms with E-state index >= 15 is 0 Å². The molecule has 0 fully saturated rings. The molecule has 0 aliphatic rings. The zero-order valence-corrected chi connectivity index (χ0v) is 9.74. The topological polar surface area (TPSA) is 34.9 Å². The van der Waals surface area contributed by atoms with Gasteiger partial charge in [-0.15, -0.1) is 0 Å². The van der Waals surface area contributed by atoms with Gasteiger partial charge >= 0.3 is 0 Å². The molecule has 0 atom stereocenters. The van der Waals surface area contributed by atoms with E-state index in [2.05, 4.69) is 5.10 Å². The normalized spacial score (nSPS) is 10.4. The van der Waals surface area contributed by atoms with Crippen LogP contribution in [0.5, 0.6) is 0 Å². The first-order valence-electron chi connectivity index (χ1n) is 4.60. The lowest BCUT2D eigenvalue weighted by Gasteiger charge is -2.04. The molecule has 0 radical (unpaired) electrons. The van der Waals surface area contributed by atoms with Crippen molar-refractivity contribution < 1.29 is 4.79 Å². The van der Waals surface area contributed by atoms with E-state index in [0.29, 0.717) is 22.2 Å². The number of carbonyl (C=O) groups is 1. The van der Waals surface area contributed by atoms with Crippen LogP contribution in [0, 0.1) is 0 Å². The van der Waals surface area contributed by atoms with Crippen LogP contribution >= 0.6 is 23.2 Å². The average Bonchev–Trinajstić information content (AvgIpc) is 2.71. The fraction of sp³-hybridized carbons (Fsp3) is 0.0909. The molecule has 1 aromatic heterocycles. The molecule has 0 N–H and O–H groups in total. The van der Waals surface area contributed by atoms with Crippen molar-refractivity contribution in [2.75, 3.05) is 0 Å². The van der Waals surface area contributed by atoms with Gasteiger partial charge in [-0.2, -0.15) is 5.10 Å². The molecule has 5 heteroatoms. The first-order valence-corrected chi connectivity index (χ1v) is 5.36. The predicted octanol–water partition coefficient (Wildman–Crippen LogP) is 3.05. The highest BCUT2D eigenvalue weighted by Crippen LogP contribution is 2.21. The van der Waals surface area contributed by atoms with Gasteiger partial charge in [0.2, 0.25) is 0 Å². The van der Waals surface area contributed by atoms with Crippen LogP contribution in [0.1, 0.15) is 15.9 Å². The number of hydrogen-bond donors (Lipinski definition) is 0. The monoisotopic (exact) mass is 254 g/mol. The average molecular weight is 255 g/mol. The summed E-state index contributed by atoms with van der Waals surface area (Å²) in [4.78, 5) is 10.5. The van der Waals surface area contributed by atoms with Crippen LogP contribution < -0.4 is 0 Å². The lowest BCUT2D eigenvalue weighted by Crippen LogP contribution is -2.00. The second kappa shape index (κ2) is 4.68. The quantitative estimate of drug-likeness (QED) is 0.790.